The van der Waals surface area contributed by atoms with E-state index in [9.17, 15) is 9.59 Å². The number of hydrogen-bond donors (Lipinski definition) is 0. The Balaban J connectivity index is 0.791. The Kier molecular flexibility index (Phi) is 16.9. The maximum atomic E-state index is 12.8. The normalized spacial score (nSPS) is 19.5. The smallest absolute Gasteiger partial charge is 0.343 e. The number of unbranched alkanes of at least 4 members (excludes halogenated alkanes) is 6. The average molecular weight is 769 g/mol. The van der Waals surface area contributed by atoms with Gasteiger partial charge in [-0.3, -0.25) is 0 Å². The molecule has 0 amide bonds. The Labute approximate surface area is 344 Å². The molecule has 0 saturated heterocycles. The van der Waals surface area contributed by atoms with Gasteiger partial charge in [-0.05, 0) is 172 Å². The molecule has 0 atom stereocenters. The second-order valence-electron chi connectivity index (χ2n) is 17.3. The highest BCUT2D eigenvalue weighted by Gasteiger charge is 2.23. The van der Waals surface area contributed by atoms with E-state index in [2.05, 4.69) is 62.4 Å². The Bertz CT molecular complexity index is 1620. The summed E-state index contributed by atoms with van der Waals surface area (Å²) in [5, 5.41) is 0. The van der Waals surface area contributed by atoms with Crippen molar-refractivity contribution in [1.82, 2.24) is 0 Å². The second-order valence-corrected chi connectivity index (χ2v) is 17.3. The van der Waals surface area contributed by atoms with E-state index >= 15 is 0 Å². The molecular formula is C53H68O4. The summed E-state index contributed by atoms with van der Waals surface area (Å²) in [5.74, 6) is 3.68. The number of rotatable bonds is 20. The summed E-state index contributed by atoms with van der Waals surface area (Å²) >= 11 is 0. The van der Waals surface area contributed by atoms with E-state index in [0.29, 0.717) is 34.5 Å². The first-order chi connectivity index (χ1) is 28.0. The predicted octanol–water partition coefficient (Wildman–Crippen LogP) is 14.8. The highest BCUT2D eigenvalue weighted by Crippen LogP contribution is 2.39. The molecule has 0 radical (unpaired) electrons. The van der Waals surface area contributed by atoms with Crippen molar-refractivity contribution in [3.05, 3.63) is 130 Å². The van der Waals surface area contributed by atoms with E-state index in [1.807, 2.05) is 48.5 Å². The minimum atomic E-state index is -0.289. The van der Waals surface area contributed by atoms with Gasteiger partial charge in [-0.15, -0.1) is 0 Å². The van der Waals surface area contributed by atoms with Gasteiger partial charge in [0, 0.05) is 0 Å². The van der Waals surface area contributed by atoms with Crippen molar-refractivity contribution in [2.24, 2.45) is 11.8 Å². The number of carbonyl (C=O) groups is 2. The van der Waals surface area contributed by atoms with Gasteiger partial charge in [0.15, 0.2) is 0 Å². The van der Waals surface area contributed by atoms with Crippen molar-refractivity contribution in [3.63, 3.8) is 0 Å². The molecule has 2 aliphatic rings. The first-order valence-corrected chi connectivity index (χ1v) is 22.8. The molecule has 57 heavy (non-hydrogen) atoms. The van der Waals surface area contributed by atoms with Crippen LogP contribution in [0.1, 0.15) is 191 Å². The summed E-state index contributed by atoms with van der Waals surface area (Å²) < 4.78 is 11.4. The van der Waals surface area contributed by atoms with Crippen LogP contribution in [0.3, 0.4) is 0 Å². The highest BCUT2D eigenvalue weighted by atomic mass is 16.5. The first kappa shape index (κ1) is 42.4. The topological polar surface area (TPSA) is 52.6 Å². The second kappa shape index (κ2) is 22.7. The quantitative estimate of drug-likeness (QED) is 0.0510. The summed E-state index contributed by atoms with van der Waals surface area (Å²) in [5.41, 5.74) is 6.52. The van der Waals surface area contributed by atoms with Crippen LogP contribution >= 0.6 is 0 Å². The summed E-state index contributed by atoms with van der Waals surface area (Å²) in [4.78, 5) is 25.6. The Morgan fingerprint density at radius 1 is 0.439 bits per heavy atom. The number of hydrogen-bond acceptors (Lipinski definition) is 4. The third kappa shape index (κ3) is 13.4. The van der Waals surface area contributed by atoms with Gasteiger partial charge >= 0.3 is 11.9 Å². The lowest BCUT2D eigenvalue weighted by atomic mass is 9.77. The summed E-state index contributed by atoms with van der Waals surface area (Å²) in [6.07, 6.45) is 26.4. The lowest BCUT2D eigenvalue weighted by Gasteiger charge is -2.28. The van der Waals surface area contributed by atoms with E-state index < -0.39 is 0 Å². The van der Waals surface area contributed by atoms with Crippen molar-refractivity contribution in [2.45, 2.75) is 161 Å². The van der Waals surface area contributed by atoms with Crippen molar-refractivity contribution in [2.75, 3.05) is 0 Å². The van der Waals surface area contributed by atoms with Crippen LogP contribution in [0, 0.1) is 11.8 Å². The van der Waals surface area contributed by atoms with E-state index in [0.717, 1.165) is 24.7 Å². The first-order valence-electron chi connectivity index (χ1n) is 22.8. The van der Waals surface area contributed by atoms with Crippen molar-refractivity contribution < 1.29 is 19.1 Å². The fourth-order valence-electron chi connectivity index (χ4n) is 9.49. The Hall–Kier alpha value is -4.18. The standard InChI is InChI=1S/C53H68O4/c1-3-12-40-16-24-44(25-17-40)46-28-32-48(33-29-46)52(54)56-50-36-20-42(21-37-50)14-10-8-6-5-7-9-11-15-43-22-38-51(39-23-43)57-53(55)49-34-30-47(31-35-49)45-26-18-41(13-4-2)19-27-45/h20-23,28-41,44-45H,3-19,24-27H2,1-2H3. The average Bonchev–Trinajstić information content (AvgIpc) is 3.25. The maximum absolute atomic E-state index is 12.8. The minimum Gasteiger partial charge on any atom is -0.423 e. The maximum Gasteiger partial charge on any atom is 0.343 e. The number of aryl methyl sites for hydroxylation is 2. The molecule has 304 valence electrons. The molecule has 0 bridgehead atoms. The Morgan fingerprint density at radius 3 is 1.11 bits per heavy atom. The number of esters is 2. The molecule has 0 aliphatic heterocycles. The molecule has 2 saturated carbocycles. The molecule has 6 rings (SSSR count). The monoisotopic (exact) mass is 769 g/mol. The number of ether oxygens (including phenoxy) is 2. The third-order valence-electron chi connectivity index (χ3n) is 13.0. The fraction of sp³-hybridized carbons (Fsp3) is 0.509. The zero-order valence-electron chi connectivity index (χ0n) is 35.0. The van der Waals surface area contributed by atoms with Gasteiger partial charge in [0.2, 0.25) is 0 Å². The molecule has 0 N–H and O–H groups in total. The van der Waals surface area contributed by atoms with Crippen LogP contribution in [0.4, 0.5) is 0 Å². The molecule has 0 aromatic heterocycles. The van der Waals surface area contributed by atoms with Crippen LogP contribution in [-0.4, -0.2) is 11.9 Å². The molecule has 2 fully saturated rings. The molecule has 4 aromatic carbocycles. The van der Waals surface area contributed by atoms with Crippen molar-refractivity contribution >= 4 is 11.9 Å². The predicted molar refractivity (Wildman–Crippen MR) is 235 cm³/mol. The third-order valence-corrected chi connectivity index (χ3v) is 13.0. The SMILES string of the molecule is CCCC1CCC(c2ccc(C(=O)Oc3ccc(CCCCCCCCCc4ccc(OC(=O)c5ccc(C6CCC(CCC)CC6)cc5)cc4)cc3)cc2)CC1. The highest BCUT2D eigenvalue weighted by molar-refractivity contribution is 5.91. The van der Waals surface area contributed by atoms with Gasteiger partial charge in [0.05, 0.1) is 11.1 Å². The van der Waals surface area contributed by atoms with Crippen LogP contribution in [0.15, 0.2) is 97.1 Å². The summed E-state index contributed by atoms with van der Waals surface area (Å²) in [6, 6.07) is 32.3. The Morgan fingerprint density at radius 2 is 0.772 bits per heavy atom. The van der Waals surface area contributed by atoms with Crippen LogP contribution in [0.5, 0.6) is 11.5 Å². The molecule has 0 spiro atoms. The van der Waals surface area contributed by atoms with E-state index in [1.54, 1.807) is 0 Å². The fourth-order valence-corrected chi connectivity index (χ4v) is 9.49. The molecule has 4 aromatic rings. The minimum absolute atomic E-state index is 0.289. The molecule has 0 heterocycles. The molecule has 2 aliphatic carbocycles. The lowest BCUT2D eigenvalue weighted by molar-refractivity contribution is 0.0725. The molecular weight excluding hydrogens is 701 g/mol. The van der Waals surface area contributed by atoms with Crippen LogP contribution in [-0.2, 0) is 12.8 Å². The zero-order chi connectivity index (χ0) is 39.7. The van der Waals surface area contributed by atoms with Crippen LogP contribution in [0.25, 0.3) is 0 Å². The van der Waals surface area contributed by atoms with Gasteiger partial charge in [-0.2, -0.15) is 0 Å². The van der Waals surface area contributed by atoms with Crippen molar-refractivity contribution in [1.29, 1.82) is 0 Å². The summed E-state index contributed by atoms with van der Waals surface area (Å²) in [7, 11) is 0. The van der Waals surface area contributed by atoms with E-state index in [4.69, 9.17) is 9.47 Å². The molecule has 4 heteroatoms. The summed E-state index contributed by atoms with van der Waals surface area (Å²) in [6.45, 7) is 4.57. The molecule has 4 nitrogen and oxygen atoms in total. The van der Waals surface area contributed by atoms with E-state index in [1.165, 1.54) is 144 Å². The number of carbonyl (C=O) groups excluding carboxylic acids is 2. The van der Waals surface area contributed by atoms with Gasteiger partial charge in [-0.25, -0.2) is 9.59 Å². The van der Waals surface area contributed by atoms with Crippen LogP contribution < -0.4 is 9.47 Å². The zero-order valence-corrected chi connectivity index (χ0v) is 35.0. The van der Waals surface area contributed by atoms with Gasteiger partial charge in [0.25, 0.3) is 0 Å². The molecule has 0 unspecified atom stereocenters. The van der Waals surface area contributed by atoms with Gasteiger partial charge < -0.3 is 9.47 Å². The van der Waals surface area contributed by atoms with Gasteiger partial charge in [-0.1, -0.05) is 120 Å². The van der Waals surface area contributed by atoms with Gasteiger partial charge in [0.1, 0.15) is 11.5 Å². The van der Waals surface area contributed by atoms with Crippen molar-refractivity contribution in [3.8, 4) is 11.5 Å². The van der Waals surface area contributed by atoms with Crippen LogP contribution in [0.2, 0.25) is 0 Å². The largest absolute Gasteiger partial charge is 0.423 e. The number of benzene rings is 4. The van der Waals surface area contributed by atoms with E-state index in [-0.39, 0.29) is 11.9 Å². The lowest BCUT2D eigenvalue weighted by Crippen LogP contribution is -2.13.